The second kappa shape index (κ2) is 8.68. The lowest BCUT2D eigenvalue weighted by atomic mass is 10.0. The van der Waals surface area contributed by atoms with Gasteiger partial charge in [-0.25, -0.2) is 8.42 Å². The number of benzene rings is 1. The van der Waals surface area contributed by atoms with Gasteiger partial charge in [0, 0.05) is 6.26 Å². The number of carbonyl (C=O) groups excluding carboxylic acids is 1. The summed E-state index contributed by atoms with van der Waals surface area (Å²) in [4.78, 5) is 11.9. The molecule has 1 aromatic rings. The number of rotatable bonds is 6. The van der Waals surface area contributed by atoms with E-state index in [4.69, 9.17) is 5.73 Å². The maximum Gasteiger partial charge on any atom is 0.416 e. The summed E-state index contributed by atoms with van der Waals surface area (Å²) in [6.45, 7) is 1.52. The number of hydrogen-bond donors (Lipinski definition) is 2. The molecule has 0 saturated heterocycles. The third kappa shape index (κ3) is 7.50. The highest BCUT2D eigenvalue weighted by atomic mass is 35.5. The minimum absolute atomic E-state index is 0. The standard InChI is InChI=1S/C14H19F3N2O3S.ClH/c1-9(10-4-3-5-11(8-10)14(15,16)17)19-13(20)12(18)6-7-23(2,21)22;/h3-5,8-9,12H,6-7,18H2,1-2H3,(H,19,20);1H. The highest BCUT2D eigenvalue weighted by molar-refractivity contribution is 7.90. The molecule has 0 aliphatic heterocycles. The number of amides is 1. The number of nitrogens with one attached hydrogen (secondary N) is 1. The fourth-order valence-corrected chi connectivity index (χ4v) is 2.54. The summed E-state index contributed by atoms with van der Waals surface area (Å²) >= 11 is 0. The third-order valence-corrected chi connectivity index (χ3v) is 4.19. The van der Waals surface area contributed by atoms with Crippen LogP contribution in [-0.2, 0) is 20.8 Å². The Morgan fingerprint density at radius 2 is 1.92 bits per heavy atom. The molecule has 138 valence electrons. The van der Waals surface area contributed by atoms with Crippen LogP contribution in [0.1, 0.15) is 30.5 Å². The maximum absolute atomic E-state index is 12.7. The molecular formula is C14H20ClF3N2O3S. The maximum atomic E-state index is 12.7. The molecule has 10 heteroatoms. The summed E-state index contributed by atoms with van der Waals surface area (Å²) < 4.78 is 60.1. The van der Waals surface area contributed by atoms with E-state index in [0.717, 1.165) is 18.4 Å². The molecule has 0 saturated carbocycles. The van der Waals surface area contributed by atoms with Gasteiger partial charge in [-0.2, -0.15) is 13.2 Å². The first-order chi connectivity index (χ1) is 10.4. The predicted octanol–water partition coefficient (Wildman–Crippen LogP) is 2.07. The van der Waals surface area contributed by atoms with Crippen molar-refractivity contribution in [1.82, 2.24) is 5.32 Å². The van der Waals surface area contributed by atoms with Crippen molar-refractivity contribution in [2.24, 2.45) is 5.73 Å². The number of nitrogens with two attached hydrogens (primary N) is 1. The highest BCUT2D eigenvalue weighted by Crippen LogP contribution is 2.30. The second-order valence-corrected chi connectivity index (χ2v) is 7.64. The van der Waals surface area contributed by atoms with Crippen LogP contribution in [0.4, 0.5) is 13.2 Å². The van der Waals surface area contributed by atoms with Gasteiger partial charge in [-0.1, -0.05) is 12.1 Å². The molecule has 2 atom stereocenters. The molecule has 0 heterocycles. The number of alkyl halides is 3. The van der Waals surface area contributed by atoms with Gasteiger partial charge in [0.1, 0.15) is 9.84 Å². The Labute approximate surface area is 145 Å². The Hall–Kier alpha value is -1.32. The number of carbonyl (C=O) groups is 1. The highest BCUT2D eigenvalue weighted by Gasteiger charge is 2.30. The Morgan fingerprint density at radius 3 is 2.42 bits per heavy atom. The first kappa shape index (κ1) is 22.7. The third-order valence-electron chi connectivity index (χ3n) is 3.21. The van der Waals surface area contributed by atoms with E-state index >= 15 is 0 Å². The molecule has 0 bridgehead atoms. The predicted molar refractivity (Wildman–Crippen MR) is 87.6 cm³/mol. The zero-order valence-electron chi connectivity index (χ0n) is 13.1. The summed E-state index contributed by atoms with van der Waals surface area (Å²) in [6.07, 6.45) is -3.49. The zero-order valence-corrected chi connectivity index (χ0v) is 14.8. The molecule has 2 unspecified atom stereocenters. The van der Waals surface area contributed by atoms with Crippen LogP contribution < -0.4 is 11.1 Å². The summed E-state index contributed by atoms with van der Waals surface area (Å²) in [5, 5.41) is 2.48. The van der Waals surface area contributed by atoms with Crippen molar-refractivity contribution in [3.05, 3.63) is 35.4 Å². The fourth-order valence-electron chi connectivity index (χ4n) is 1.86. The molecule has 0 radical (unpaired) electrons. The Balaban J connectivity index is 0.00000529. The minimum atomic E-state index is -4.47. The van der Waals surface area contributed by atoms with Crippen molar-refractivity contribution in [2.75, 3.05) is 12.0 Å². The Morgan fingerprint density at radius 1 is 1.33 bits per heavy atom. The van der Waals surface area contributed by atoms with Crippen LogP contribution in [0.25, 0.3) is 0 Å². The quantitative estimate of drug-likeness (QED) is 0.780. The van der Waals surface area contributed by atoms with Crippen molar-refractivity contribution in [3.63, 3.8) is 0 Å². The van der Waals surface area contributed by atoms with Gasteiger partial charge in [0.15, 0.2) is 0 Å². The lowest BCUT2D eigenvalue weighted by Gasteiger charge is -2.18. The summed E-state index contributed by atoms with van der Waals surface area (Å²) in [5.41, 5.74) is 5.07. The van der Waals surface area contributed by atoms with Gasteiger partial charge in [0.05, 0.1) is 23.4 Å². The van der Waals surface area contributed by atoms with Crippen LogP contribution in [-0.4, -0.2) is 32.4 Å². The van der Waals surface area contributed by atoms with Crippen LogP contribution in [0.3, 0.4) is 0 Å². The number of sulfone groups is 1. The van der Waals surface area contributed by atoms with E-state index < -0.39 is 39.6 Å². The van der Waals surface area contributed by atoms with E-state index in [1.54, 1.807) is 0 Å². The lowest BCUT2D eigenvalue weighted by molar-refractivity contribution is -0.137. The monoisotopic (exact) mass is 388 g/mol. The molecule has 24 heavy (non-hydrogen) atoms. The molecule has 0 aliphatic rings. The van der Waals surface area contributed by atoms with Gasteiger partial charge < -0.3 is 11.1 Å². The zero-order chi connectivity index (χ0) is 17.8. The van der Waals surface area contributed by atoms with Crippen molar-refractivity contribution in [1.29, 1.82) is 0 Å². The number of halogens is 4. The van der Waals surface area contributed by atoms with E-state index in [0.29, 0.717) is 0 Å². The molecule has 0 aromatic heterocycles. The normalized spacial score (nSPS) is 14.4. The molecule has 5 nitrogen and oxygen atoms in total. The van der Waals surface area contributed by atoms with Crippen LogP contribution in [0, 0.1) is 0 Å². The summed E-state index contributed by atoms with van der Waals surface area (Å²) in [6, 6.07) is 2.88. The van der Waals surface area contributed by atoms with E-state index in [1.807, 2.05) is 0 Å². The van der Waals surface area contributed by atoms with Crippen LogP contribution in [0.15, 0.2) is 24.3 Å². The molecule has 1 rings (SSSR count). The minimum Gasteiger partial charge on any atom is -0.348 e. The Kier molecular flexibility index (Phi) is 8.20. The Bertz CT molecular complexity index is 665. The average Bonchev–Trinajstić information content (AvgIpc) is 2.43. The van der Waals surface area contributed by atoms with Crippen molar-refractivity contribution >= 4 is 28.2 Å². The van der Waals surface area contributed by atoms with Crippen molar-refractivity contribution in [3.8, 4) is 0 Å². The lowest BCUT2D eigenvalue weighted by Crippen LogP contribution is -2.42. The largest absolute Gasteiger partial charge is 0.416 e. The van der Waals surface area contributed by atoms with Gasteiger partial charge in [0.25, 0.3) is 0 Å². The number of hydrogen-bond acceptors (Lipinski definition) is 4. The van der Waals surface area contributed by atoms with Gasteiger partial charge in [0.2, 0.25) is 5.91 Å². The van der Waals surface area contributed by atoms with Crippen LogP contribution in [0.5, 0.6) is 0 Å². The van der Waals surface area contributed by atoms with Gasteiger partial charge in [-0.3, -0.25) is 4.79 Å². The van der Waals surface area contributed by atoms with E-state index in [-0.39, 0.29) is 30.1 Å². The molecule has 0 spiro atoms. The second-order valence-electron chi connectivity index (χ2n) is 5.38. The molecule has 1 amide bonds. The molecule has 0 aliphatic carbocycles. The molecule has 3 N–H and O–H groups in total. The van der Waals surface area contributed by atoms with Gasteiger partial charge in [-0.15, -0.1) is 12.4 Å². The first-order valence-electron chi connectivity index (χ1n) is 6.81. The topological polar surface area (TPSA) is 89.3 Å². The van der Waals surface area contributed by atoms with Crippen LogP contribution >= 0.6 is 12.4 Å². The van der Waals surface area contributed by atoms with Crippen molar-refractivity contribution < 1.29 is 26.4 Å². The smallest absolute Gasteiger partial charge is 0.348 e. The first-order valence-corrected chi connectivity index (χ1v) is 8.87. The van der Waals surface area contributed by atoms with Crippen molar-refractivity contribution in [2.45, 2.75) is 31.6 Å². The van der Waals surface area contributed by atoms with Crippen LogP contribution in [0.2, 0.25) is 0 Å². The molecule has 0 fully saturated rings. The summed E-state index contributed by atoms with van der Waals surface area (Å²) in [5.74, 6) is -0.849. The SMILES string of the molecule is CC(NC(=O)C(N)CCS(C)(=O)=O)c1cccc(C(F)(F)F)c1.Cl. The van der Waals surface area contributed by atoms with E-state index in [1.165, 1.54) is 19.1 Å². The molecular weight excluding hydrogens is 369 g/mol. The average molecular weight is 389 g/mol. The molecule has 1 aromatic carbocycles. The van der Waals surface area contributed by atoms with E-state index in [2.05, 4.69) is 5.32 Å². The fraction of sp³-hybridized carbons (Fsp3) is 0.500. The summed E-state index contributed by atoms with van der Waals surface area (Å²) in [7, 11) is -3.24. The van der Waals surface area contributed by atoms with Gasteiger partial charge in [-0.05, 0) is 31.0 Å². The van der Waals surface area contributed by atoms with Gasteiger partial charge >= 0.3 is 6.18 Å². The van der Waals surface area contributed by atoms with E-state index in [9.17, 15) is 26.4 Å².